The molecule has 0 spiro atoms. The van der Waals surface area contributed by atoms with Crippen molar-refractivity contribution in [3.8, 4) is 0 Å². The van der Waals surface area contributed by atoms with Gasteiger partial charge in [0.15, 0.2) is 11.6 Å². The molecule has 12 heterocycles. The van der Waals surface area contributed by atoms with Gasteiger partial charge >= 0.3 is 54.9 Å². The summed E-state index contributed by atoms with van der Waals surface area (Å²) in [7, 11) is 15.2. The van der Waals surface area contributed by atoms with E-state index in [1.165, 1.54) is 49.2 Å². The lowest BCUT2D eigenvalue weighted by molar-refractivity contribution is -0.485. The predicted octanol–water partition coefficient (Wildman–Crippen LogP) is 9.18. The first-order valence-corrected chi connectivity index (χ1v) is 43.3. The zero-order valence-corrected chi connectivity index (χ0v) is 82.5. The number of ether oxygens (including phenoxy) is 1. The number of nitro groups is 3. The van der Waals surface area contributed by atoms with Crippen LogP contribution in [0.2, 0.25) is 0 Å². The standard InChI is InChI=1S/C17H18F2N4O2.C12H18F3N3O2.C12H17N3O3.C11H15N3O3.C10H13N3O3.C7H6F3N3O2.C5H4F3IN2.C5H6F3N3.C3H5NO2.2CO2/c1-9-7-13(21-23(9)3)10-8-22(2)17(25)14(10)16(24)20-12-6-4-5-11(18)15(12)19;1-4-8(5-2)9(7-18(19)20)10-6-11(12(13,14)15)17(3)16-10;1-4-18-12(17)10-8(6-13-11(10)16)9-5-7(2)15(3)14-9;1-6-4-8(12-14(6)3)7-5-13(2)10(15)9(7)11(16)17;1-5-3-7(12-13(5)2)6-4-11-9(14)8(6)10(15)16;1-12-6(7(8,9)10)4-5(11-12)2-3-13(14)15;2*1-11-3(5(6,7)8)2-4(9)10-11;1-2-3-4(5)6;2*2-1-3/h4-7,10,14H,8H2,1-3H3,(H,20,24);6,8-9H,4-5,7H2,1-3H3;5,8,10H,4,6H2,1-3H3,(H,13,16);4,7,9H,5H2,1-3H3,(H,16,17);3,6,8H,4H2,1-2H3,(H,11,14)(H,15,16);2-4H,1H3;2H,1H3;2H,1H3,(H2,9,10);2-3H,1H3;;/b;;;;;3-2+;;;3-2+;;/t10-,14+;9-;8-,10-;7-,9-;6-,8-;;;;;;/m11111....../s1. The third kappa shape index (κ3) is 35.9. The van der Waals surface area contributed by atoms with Gasteiger partial charge in [0.05, 0.1) is 62.2 Å². The van der Waals surface area contributed by atoms with Gasteiger partial charge in [0.2, 0.25) is 48.5 Å². The Balaban J connectivity index is 0.000000423. The highest BCUT2D eigenvalue weighted by Gasteiger charge is 2.49. The molecule has 794 valence electrons. The molecule has 1 aromatic carbocycles. The summed E-state index contributed by atoms with van der Waals surface area (Å²) >= 11 is 1.73. The average Bonchev–Trinajstić information content (AvgIpc) is 2.08. The number of carbonyl (C=O) groups is 8. The van der Waals surface area contributed by atoms with Crippen molar-refractivity contribution in [2.75, 3.05) is 64.5 Å². The second kappa shape index (κ2) is 54.8. The number of esters is 1. The van der Waals surface area contributed by atoms with Gasteiger partial charge in [0, 0.05) is 166 Å². The number of hydrogen-bond donors (Lipinski definition) is 6. The highest BCUT2D eigenvalue weighted by atomic mass is 127. The van der Waals surface area contributed by atoms with Crippen LogP contribution in [0.25, 0.3) is 6.08 Å². The lowest BCUT2D eigenvalue weighted by Crippen LogP contribution is -2.33. The van der Waals surface area contributed by atoms with Crippen LogP contribution in [0.1, 0.15) is 150 Å². The van der Waals surface area contributed by atoms with E-state index in [9.17, 15) is 130 Å². The van der Waals surface area contributed by atoms with E-state index >= 15 is 0 Å². The number of hydrogen-bond acceptors (Lipinski definition) is 28. The van der Waals surface area contributed by atoms with E-state index < -0.39 is 146 Å². The minimum atomic E-state index is -4.51. The topological polar surface area (TPSA) is 595 Å². The molecule has 0 radical (unpaired) electrons. The maximum Gasteiger partial charge on any atom is 0.433 e. The molecule has 4 aliphatic rings. The van der Waals surface area contributed by atoms with Gasteiger partial charge in [0.1, 0.15) is 56.0 Å². The highest BCUT2D eigenvalue weighted by molar-refractivity contribution is 14.1. The molecule has 145 heavy (non-hydrogen) atoms. The number of nitrogens with zero attached hydrogens (tertiary/aromatic N) is 21. The van der Waals surface area contributed by atoms with E-state index in [1.807, 2.05) is 72.9 Å². The molecule has 5 amide bonds. The molecule has 9 atom stereocenters. The lowest BCUT2D eigenvalue weighted by Gasteiger charge is -2.19. The van der Waals surface area contributed by atoms with Crippen molar-refractivity contribution in [2.24, 2.45) is 86.0 Å². The maximum atomic E-state index is 13.8. The SMILES string of the molecule is C/C=C/[N+](=O)[O-].CCC(CC)[C@@H](C[N+](=O)[O-])c1cc(C(F)(F)F)n(C)n1.CCOC(=O)[C@H]1C(=O)NC[C@@H]1c1cc(C)n(C)n1.Cc1cc([C@H]2CN(C)C(=O)[C@@H]2C(=O)Nc2cccc(F)c2F)nn1C.Cc1cc([C@H]2CN(C)C(=O)[C@@H]2C(=O)O)nn1C.Cc1cc([C@H]2CNC(=O)[C@@H]2C(=O)O)nn1C.Cn1nc(/C=C/[N+](=O)[O-])cc1C(F)(F)F.Cn1nc(I)cc1C(F)(F)F.Cn1nc(N)cc1C(F)(F)F.O=C=O.O=C=O. The molecule has 0 saturated carbocycles. The van der Waals surface area contributed by atoms with Crippen LogP contribution in [-0.4, -0.2) is 226 Å². The normalized spacial score (nSPS) is 17.4. The molecule has 13 rings (SSSR count). The molecule has 0 bridgehead atoms. The van der Waals surface area contributed by atoms with Crippen LogP contribution in [0.4, 0.5) is 73.0 Å². The number of aromatic nitrogens is 16. The summed E-state index contributed by atoms with van der Waals surface area (Å²) in [5, 5.41) is 87.1. The Hall–Kier alpha value is -15.3. The molecule has 46 nitrogen and oxygen atoms in total. The van der Waals surface area contributed by atoms with Crippen LogP contribution in [-0.2, 0) is 143 Å². The summed E-state index contributed by atoms with van der Waals surface area (Å²) in [5.74, 6) is -13.0. The Morgan fingerprint density at radius 2 is 0.903 bits per heavy atom. The van der Waals surface area contributed by atoms with Gasteiger partial charge in [-0.05, 0) is 125 Å². The number of nitrogens with one attached hydrogen (secondary N) is 3. The number of alkyl halides is 12. The molecular weight excluding hydrogens is 2090 g/mol. The zero-order valence-electron chi connectivity index (χ0n) is 80.4. The number of likely N-dealkylation sites (tertiary alicyclic amines) is 2. The Labute approximate surface area is 827 Å². The number of likely N-dealkylation sites (N-methyl/N-ethyl adjacent to an activating group) is 2. The van der Waals surface area contributed by atoms with E-state index in [4.69, 9.17) is 39.9 Å². The average molecular weight is 2190 g/mol. The van der Waals surface area contributed by atoms with Crippen molar-refractivity contribution in [1.29, 1.82) is 0 Å². The Bertz CT molecular complexity index is 5990. The molecule has 0 unspecified atom stereocenters. The third-order valence-corrected chi connectivity index (χ3v) is 22.2. The second-order valence-corrected chi connectivity index (χ2v) is 32.7. The van der Waals surface area contributed by atoms with E-state index in [1.54, 1.807) is 90.4 Å². The number of carboxylic acid groups (broad SMARTS) is 2. The lowest BCUT2D eigenvalue weighted by atomic mass is 9.85. The Kier molecular flexibility index (Phi) is 46.8. The Morgan fingerprint density at radius 1 is 0.531 bits per heavy atom. The van der Waals surface area contributed by atoms with Gasteiger partial charge in [0.25, 0.3) is 0 Å². The first-order valence-electron chi connectivity index (χ1n) is 42.2. The number of benzene rings is 1. The van der Waals surface area contributed by atoms with Crippen molar-refractivity contribution >= 4 is 99.9 Å². The van der Waals surface area contributed by atoms with Crippen molar-refractivity contribution in [2.45, 2.75) is 123 Å². The number of amides is 5. The van der Waals surface area contributed by atoms with E-state index in [0.717, 1.165) is 87.5 Å². The number of allylic oxidation sites excluding steroid dienone is 1. The summed E-state index contributed by atoms with van der Waals surface area (Å²) in [6.45, 7) is 16.0. The molecule has 4 aliphatic heterocycles. The first kappa shape index (κ1) is 124. The van der Waals surface area contributed by atoms with Gasteiger partial charge in [-0.2, -0.15) is 113 Å². The predicted molar refractivity (Wildman–Crippen MR) is 481 cm³/mol. The highest BCUT2D eigenvalue weighted by Crippen LogP contribution is 2.40. The number of halogens is 15. The maximum absolute atomic E-state index is 13.8. The first-order chi connectivity index (χ1) is 67.2. The molecule has 8 aromatic heterocycles. The van der Waals surface area contributed by atoms with Crippen molar-refractivity contribution in [3.63, 3.8) is 0 Å². The number of nitrogens with two attached hydrogens (primary N) is 1. The van der Waals surface area contributed by atoms with E-state index in [2.05, 4.69) is 56.7 Å². The van der Waals surface area contributed by atoms with Crippen molar-refractivity contribution in [3.05, 3.63) is 211 Å². The van der Waals surface area contributed by atoms with Crippen LogP contribution >= 0.6 is 22.6 Å². The van der Waals surface area contributed by atoms with Crippen LogP contribution in [0.15, 0.2) is 85.2 Å². The number of anilines is 2. The van der Waals surface area contributed by atoms with Gasteiger partial charge in [-0.3, -0.25) is 106 Å². The molecule has 61 heteroatoms. The van der Waals surface area contributed by atoms with Crippen LogP contribution in [0, 0.1) is 103 Å². The number of carbonyl (C=O) groups excluding carboxylic acids is 10. The van der Waals surface area contributed by atoms with Gasteiger partial charge < -0.3 is 46.4 Å². The summed E-state index contributed by atoms with van der Waals surface area (Å²) in [6.07, 6.45) is -12.2. The van der Waals surface area contributed by atoms with E-state index in [0.29, 0.717) is 75.4 Å². The van der Waals surface area contributed by atoms with Crippen LogP contribution in [0.3, 0.4) is 0 Å². The summed E-state index contributed by atoms with van der Waals surface area (Å²) in [5.41, 5.74) is 7.89. The van der Waals surface area contributed by atoms with Crippen molar-refractivity contribution < 1.29 is 149 Å². The van der Waals surface area contributed by atoms with Crippen molar-refractivity contribution in [1.82, 2.24) is 98.7 Å². The summed E-state index contributed by atoms with van der Waals surface area (Å²) in [4.78, 5) is 157. The number of rotatable bonds is 19. The van der Waals surface area contributed by atoms with Crippen LogP contribution < -0.4 is 21.7 Å². The summed E-state index contributed by atoms with van der Waals surface area (Å²) in [6, 6.07) is 14.3. The smallest absolute Gasteiger partial charge is 0.433 e. The van der Waals surface area contributed by atoms with Gasteiger partial charge in [-0.15, -0.1) is 0 Å². The second-order valence-electron chi connectivity index (χ2n) is 31.6. The summed E-state index contributed by atoms with van der Waals surface area (Å²) < 4.78 is 189. The van der Waals surface area contributed by atoms with E-state index in [-0.39, 0.29) is 83.2 Å². The minimum absolute atomic E-state index is 0.0589. The molecule has 7 N–H and O–H groups in total. The number of aryl methyl sites for hydroxylation is 12. The largest absolute Gasteiger partial charge is 0.481 e. The zero-order chi connectivity index (χ0) is 111. The molecule has 0 aliphatic carbocycles. The number of carboxylic acids is 2. The van der Waals surface area contributed by atoms with Crippen LogP contribution in [0.5, 0.6) is 0 Å². The quantitative estimate of drug-likeness (QED) is 0.0110. The minimum Gasteiger partial charge on any atom is -0.481 e. The Morgan fingerprint density at radius 3 is 1.23 bits per heavy atom. The number of nitrogen functional groups attached to an aromatic ring is 1. The molecule has 9 aromatic rings. The molecule has 4 fully saturated rings. The van der Waals surface area contributed by atoms with Gasteiger partial charge in [-0.25, -0.2) is 8.78 Å². The van der Waals surface area contributed by atoms with Gasteiger partial charge in [-0.1, -0.05) is 32.8 Å². The number of aliphatic carboxylic acids is 2. The third-order valence-electron chi connectivity index (χ3n) is 21.7. The fourth-order valence-electron chi connectivity index (χ4n) is 14.4. The molecule has 4 saturated heterocycles. The molecular formula is C84H102F14IN25O21. The fraction of sp³-hybridized carbons (Fsp3) is 0.476. The fourth-order valence-corrected chi connectivity index (χ4v) is 15.0. The monoisotopic (exact) mass is 2190 g/mol.